The lowest BCUT2D eigenvalue weighted by Gasteiger charge is -2.04. The number of nitrogens with zero attached hydrogens (tertiary/aromatic N) is 2. The lowest BCUT2D eigenvalue weighted by atomic mass is 10.1. The second kappa shape index (κ2) is 7.89. The summed E-state index contributed by atoms with van der Waals surface area (Å²) in [5, 5.41) is 16.6. The molecule has 0 saturated carbocycles. The highest BCUT2D eigenvalue weighted by molar-refractivity contribution is 8.93. The van der Waals surface area contributed by atoms with Gasteiger partial charge in [0.05, 0.1) is 17.7 Å². The van der Waals surface area contributed by atoms with Gasteiger partial charge in [-0.1, -0.05) is 12.1 Å². The van der Waals surface area contributed by atoms with Crippen LogP contribution in [0.1, 0.15) is 0 Å². The summed E-state index contributed by atoms with van der Waals surface area (Å²) in [5.41, 5.74) is 2.37. The Balaban J connectivity index is 0.00000208. The summed E-state index contributed by atoms with van der Waals surface area (Å²) < 4.78 is 5.12. The maximum absolute atomic E-state index is 10.8. The van der Waals surface area contributed by atoms with Gasteiger partial charge in [-0.25, -0.2) is 4.98 Å². The number of benzene rings is 2. The third kappa shape index (κ3) is 4.09. The molecule has 0 amide bonds. The molecule has 124 valence electrons. The first kappa shape index (κ1) is 17.9. The van der Waals surface area contributed by atoms with E-state index in [1.807, 2.05) is 29.6 Å². The highest BCUT2D eigenvalue weighted by atomic mass is 79.9. The Kier molecular flexibility index (Phi) is 5.88. The van der Waals surface area contributed by atoms with Crippen LogP contribution in [0.25, 0.3) is 11.3 Å². The van der Waals surface area contributed by atoms with Gasteiger partial charge in [0.25, 0.3) is 5.69 Å². The van der Waals surface area contributed by atoms with Gasteiger partial charge in [0, 0.05) is 28.8 Å². The average molecular weight is 408 g/mol. The van der Waals surface area contributed by atoms with Crippen LogP contribution in [0.3, 0.4) is 0 Å². The zero-order valence-electron chi connectivity index (χ0n) is 12.6. The van der Waals surface area contributed by atoms with Crippen molar-refractivity contribution in [2.75, 3.05) is 12.4 Å². The number of nitrogens with one attached hydrogen (secondary N) is 1. The van der Waals surface area contributed by atoms with Crippen LogP contribution in [0, 0.1) is 10.1 Å². The summed E-state index contributed by atoms with van der Waals surface area (Å²) >= 11 is 1.44. The predicted octanol–water partition coefficient (Wildman–Crippen LogP) is 5.05. The molecule has 0 bridgehead atoms. The summed E-state index contributed by atoms with van der Waals surface area (Å²) in [4.78, 5) is 14.9. The van der Waals surface area contributed by atoms with Crippen molar-refractivity contribution in [1.82, 2.24) is 4.98 Å². The normalized spacial score (nSPS) is 9.88. The Morgan fingerprint density at radius 2 is 1.96 bits per heavy atom. The largest absolute Gasteiger partial charge is 0.497 e. The molecule has 0 saturated heterocycles. The van der Waals surface area contributed by atoms with E-state index < -0.39 is 4.92 Å². The predicted molar refractivity (Wildman–Crippen MR) is 101 cm³/mol. The Morgan fingerprint density at radius 1 is 1.21 bits per heavy atom. The summed E-state index contributed by atoms with van der Waals surface area (Å²) in [6, 6.07) is 14.0. The molecule has 0 aliphatic rings. The molecular formula is C16H14BrN3O3S. The van der Waals surface area contributed by atoms with Crippen LogP contribution in [0.4, 0.5) is 16.5 Å². The minimum absolute atomic E-state index is 0. The van der Waals surface area contributed by atoms with Gasteiger partial charge >= 0.3 is 0 Å². The smallest absolute Gasteiger partial charge is 0.270 e. The molecule has 0 aliphatic heterocycles. The molecule has 24 heavy (non-hydrogen) atoms. The lowest BCUT2D eigenvalue weighted by Crippen LogP contribution is -1.91. The van der Waals surface area contributed by atoms with Crippen LogP contribution in [-0.4, -0.2) is 17.0 Å². The van der Waals surface area contributed by atoms with E-state index in [1.165, 1.54) is 23.5 Å². The molecule has 0 unspecified atom stereocenters. The van der Waals surface area contributed by atoms with Crippen molar-refractivity contribution in [1.29, 1.82) is 0 Å². The van der Waals surface area contributed by atoms with Crippen molar-refractivity contribution in [2.24, 2.45) is 0 Å². The van der Waals surface area contributed by atoms with E-state index in [1.54, 1.807) is 19.2 Å². The number of nitro groups is 1. The Bertz CT molecular complexity index is 837. The van der Waals surface area contributed by atoms with E-state index in [0.29, 0.717) is 5.69 Å². The van der Waals surface area contributed by atoms with Crippen LogP contribution >= 0.6 is 28.3 Å². The highest BCUT2D eigenvalue weighted by Crippen LogP contribution is 2.29. The fourth-order valence-electron chi connectivity index (χ4n) is 2.04. The van der Waals surface area contributed by atoms with Gasteiger partial charge in [0.2, 0.25) is 0 Å². The lowest BCUT2D eigenvalue weighted by molar-refractivity contribution is -0.384. The number of halogens is 1. The number of aromatic nitrogens is 1. The minimum atomic E-state index is -0.410. The Morgan fingerprint density at radius 3 is 2.62 bits per heavy atom. The van der Waals surface area contributed by atoms with Gasteiger partial charge in [-0.15, -0.1) is 28.3 Å². The van der Waals surface area contributed by atoms with Crippen LogP contribution in [-0.2, 0) is 0 Å². The van der Waals surface area contributed by atoms with Crippen molar-refractivity contribution >= 4 is 44.8 Å². The van der Waals surface area contributed by atoms with Gasteiger partial charge in [-0.2, -0.15) is 0 Å². The van der Waals surface area contributed by atoms with E-state index in [-0.39, 0.29) is 22.7 Å². The zero-order chi connectivity index (χ0) is 16.2. The first-order chi connectivity index (χ1) is 11.2. The molecule has 2 aromatic carbocycles. The van der Waals surface area contributed by atoms with Crippen LogP contribution in [0.2, 0.25) is 0 Å². The van der Waals surface area contributed by atoms with Gasteiger partial charge in [-0.3, -0.25) is 10.1 Å². The third-order valence-corrected chi connectivity index (χ3v) is 3.96. The summed E-state index contributed by atoms with van der Waals surface area (Å²) in [6.45, 7) is 0. The van der Waals surface area contributed by atoms with Crippen LogP contribution < -0.4 is 10.1 Å². The number of thiazole rings is 1. The van der Waals surface area contributed by atoms with Crippen LogP contribution in [0.5, 0.6) is 5.75 Å². The molecule has 3 rings (SSSR count). The molecule has 1 aromatic heterocycles. The molecule has 1 heterocycles. The molecule has 1 N–H and O–H groups in total. The number of ether oxygens (including phenoxy) is 1. The molecular weight excluding hydrogens is 394 g/mol. The summed E-state index contributed by atoms with van der Waals surface area (Å²) in [6.07, 6.45) is 0. The van der Waals surface area contributed by atoms with Gasteiger partial charge in [0.1, 0.15) is 5.75 Å². The molecule has 0 spiro atoms. The second-order valence-electron chi connectivity index (χ2n) is 4.70. The summed E-state index contributed by atoms with van der Waals surface area (Å²) in [7, 11) is 1.62. The quantitative estimate of drug-likeness (QED) is 0.472. The number of nitro benzene ring substituents is 1. The maximum atomic E-state index is 10.8. The fraction of sp³-hybridized carbons (Fsp3) is 0.0625. The molecule has 8 heteroatoms. The van der Waals surface area contributed by atoms with Crippen molar-refractivity contribution < 1.29 is 9.66 Å². The van der Waals surface area contributed by atoms with E-state index in [4.69, 9.17) is 4.74 Å². The topological polar surface area (TPSA) is 77.3 Å². The Hall–Kier alpha value is -2.45. The van der Waals surface area contributed by atoms with E-state index in [9.17, 15) is 10.1 Å². The first-order valence-corrected chi connectivity index (χ1v) is 7.65. The minimum Gasteiger partial charge on any atom is -0.497 e. The van der Waals surface area contributed by atoms with Crippen molar-refractivity contribution in [3.8, 4) is 17.0 Å². The van der Waals surface area contributed by atoms with Gasteiger partial charge in [-0.05, 0) is 24.3 Å². The first-order valence-electron chi connectivity index (χ1n) is 6.77. The molecule has 3 aromatic rings. The molecule has 0 fully saturated rings. The van der Waals surface area contributed by atoms with E-state index in [2.05, 4.69) is 10.3 Å². The van der Waals surface area contributed by atoms with Crippen molar-refractivity contribution in [3.05, 3.63) is 64.0 Å². The molecule has 0 aliphatic carbocycles. The highest BCUT2D eigenvalue weighted by Gasteiger charge is 2.10. The van der Waals surface area contributed by atoms with Crippen molar-refractivity contribution in [2.45, 2.75) is 0 Å². The monoisotopic (exact) mass is 407 g/mol. The third-order valence-electron chi connectivity index (χ3n) is 3.20. The standard InChI is InChI=1S/C16H13N3O3S.BrH/c1-22-14-7-5-12(6-8-14)17-16-18-15(10-23-16)11-3-2-4-13(9-11)19(20)21;/h2-10H,1H3,(H,17,18);1H. The molecule has 0 radical (unpaired) electrons. The maximum Gasteiger partial charge on any atom is 0.270 e. The number of non-ortho nitro benzene ring substituents is 1. The number of hydrogen-bond acceptors (Lipinski definition) is 6. The Labute approximate surface area is 153 Å². The van der Waals surface area contributed by atoms with E-state index in [0.717, 1.165) is 22.1 Å². The zero-order valence-corrected chi connectivity index (χ0v) is 15.2. The molecule has 0 atom stereocenters. The molecule has 6 nitrogen and oxygen atoms in total. The number of methoxy groups -OCH3 is 1. The second-order valence-corrected chi connectivity index (χ2v) is 5.56. The van der Waals surface area contributed by atoms with Crippen molar-refractivity contribution in [3.63, 3.8) is 0 Å². The summed E-state index contributed by atoms with van der Waals surface area (Å²) in [5.74, 6) is 0.784. The van der Waals surface area contributed by atoms with Gasteiger partial charge in [0.15, 0.2) is 5.13 Å². The number of hydrogen-bond donors (Lipinski definition) is 1. The SMILES string of the molecule is Br.COc1ccc(Nc2nc(-c3cccc([N+](=O)[O-])c3)cs2)cc1. The van der Waals surface area contributed by atoms with E-state index >= 15 is 0 Å². The fourth-order valence-corrected chi connectivity index (χ4v) is 2.78. The average Bonchev–Trinajstić information content (AvgIpc) is 3.04. The van der Waals surface area contributed by atoms with Crippen LogP contribution in [0.15, 0.2) is 53.9 Å². The number of anilines is 2. The van der Waals surface area contributed by atoms with Gasteiger partial charge < -0.3 is 10.1 Å². The number of rotatable bonds is 5.